The molecule has 0 radical (unpaired) electrons. The zero-order valence-electron chi connectivity index (χ0n) is 22.0. The zero-order chi connectivity index (χ0) is 24.6. The maximum Gasteiger partial charge on any atom is 0.166 e. The highest BCUT2D eigenvalue weighted by Gasteiger charge is 2.28. The van der Waals surface area contributed by atoms with Crippen LogP contribution in [-0.2, 0) is 6.42 Å². The molecule has 0 nitrogen and oxygen atoms in total. The molecule has 0 N–H and O–H groups in total. The molecular weight excluding hydrogens is 434 g/mol. The normalized spacial score (nSPS) is 25.1. The Bertz CT molecular complexity index is 945. The van der Waals surface area contributed by atoms with Crippen molar-refractivity contribution in [2.45, 2.75) is 116 Å². The third-order valence-electron chi connectivity index (χ3n) is 9.20. The fourth-order valence-corrected chi connectivity index (χ4v) is 6.82. The van der Waals surface area contributed by atoms with Crippen LogP contribution in [0.1, 0.15) is 120 Å². The van der Waals surface area contributed by atoms with Crippen LogP contribution in [-0.4, -0.2) is 0 Å². The second kappa shape index (κ2) is 13.0. The largest absolute Gasteiger partial charge is 0.203 e. The van der Waals surface area contributed by atoms with Gasteiger partial charge in [-0.3, -0.25) is 0 Å². The molecule has 0 bridgehead atoms. The predicted molar refractivity (Wildman–Crippen MR) is 146 cm³/mol. The summed E-state index contributed by atoms with van der Waals surface area (Å²) in [6.45, 7) is 6.05. The van der Waals surface area contributed by atoms with Crippen LogP contribution in [0.15, 0.2) is 36.9 Å². The Morgan fingerprint density at radius 1 is 0.800 bits per heavy atom. The highest BCUT2D eigenvalue weighted by molar-refractivity contribution is 5.85. The molecular formula is C33H46F2. The number of benzene rings is 2. The molecule has 192 valence electrons. The molecule has 0 heterocycles. The molecule has 2 aromatic carbocycles. The van der Waals surface area contributed by atoms with Gasteiger partial charge in [0.15, 0.2) is 11.6 Å². The lowest BCUT2D eigenvalue weighted by atomic mass is 9.73. The number of hydrogen-bond acceptors (Lipinski definition) is 0. The van der Waals surface area contributed by atoms with Crippen molar-refractivity contribution in [2.75, 3.05) is 0 Å². The highest BCUT2D eigenvalue weighted by atomic mass is 19.2. The van der Waals surface area contributed by atoms with Crippen molar-refractivity contribution < 1.29 is 8.78 Å². The van der Waals surface area contributed by atoms with Crippen molar-refractivity contribution in [1.29, 1.82) is 0 Å². The maximum atomic E-state index is 15.2. The second-order valence-corrected chi connectivity index (χ2v) is 11.7. The summed E-state index contributed by atoms with van der Waals surface area (Å²) in [5, 5.41) is 1.30. The van der Waals surface area contributed by atoms with E-state index >= 15 is 8.78 Å². The van der Waals surface area contributed by atoms with Gasteiger partial charge in [-0.2, -0.15) is 0 Å². The van der Waals surface area contributed by atoms with Gasteiger partial charge in [0.05, 0.1) is 0 Å². The highest BCUT2D eigenvalue weighted by Crippen LogP contribution is 2.42. The molecule has 0 aromatic heterocycles. The summed E-state index contributed by atoms with van der Waals surface area (Å²) in [6, 6.07) is 7.92. The first-order valence-corrected chi connectivity index (χ1v) is 14.6. The first-order chi connectivity index (χ1) is 17.1. The molecule has 4 rings (SSSR count). The van der Waals surface area contributed by atoms with Gasteiger partial charge in [0, 0.05) is 5.39 Å². The summed E-state index contributed by atoms with van der Waals surface area (Å²) in [7, 11) is 0. The molecule has 35 heavy (non-hydrogen) atoms. The lowest BCUT2D eigenvalue weighted by Crippen LogP contribution is -2.18. The molecule has 0 spiro atoms. The summed E-state index contributed by atoms with van der Waals surface area (Å²) in [4.78, 5) is 0. The average Bonchev–Trinajstić information content (AvgIpc) is 2.89. The van der Waals surface area contributed by atoms with Crippen molar-refractivity contribution in [2.24, 2.45) is 17.8 Å². The summed E-state index contributed by atoms with van der Waals surface area (Å²) < 4.78 is 30.3. The minimum atomic E-state index is -0.638. The Kier molecular flexibility index (Phi) is 9.81. The summed E-state index contributed by atoms with van der Waals surface area (Å²) >= 11 is 0. The van der Waals surface area contributed by atoms with Crippen LogP contribution in [0.3, 0.4) is 0 Å². The Morgan fingerprint density at radius 2 is 1.43 bits per heavy atom. The fourth-order valence-electron chi connectivity index (χ4n) is 6.82. The van der Waals surface area contributed by atoms with Gasteiger partial charge in [-0.25, -0.2) is 8.78 Å². The number of hydrogen-bond donors (Lipinski definition) is 0. The Hall–Kier alpha value is -1.70. The van der Waals surface area contributed by atoms with E-state index in [0.29, 0.717) is 10.9 Å². The van der Waals surface area contributed by atoms with Crippen LogP contribution >= 0.6 is 0 Å². The number of unbranched alkanes of at least 4 members (excludes halogenated alkanes) is 2. The minimum absolute atomic E-state index is 0.162. The molecule has 2 aromatic rings. The van der Waals surface area contributed by atoms with Crippen LogP contribution in [0.5, 0.6) is 0 Å². The predicted octanol–water partition coefficient (Wildman–Crippen LogP) is 10.7. The molecule has 0 atom stereocenters. The fraction of sp³-hybridized carbons (Fsp3) is 0.636. The van der Waals surface area contributed by atoms with E-state index in [2.05, 4.69) is 25.6 Å². The van der Waals surface area contributed by atoms with Gasteiger partial charge in [-0.1, -0.05) is 76.5 Å². The maximum absolute atomic E-state index is 15.2. The van der Waals surface area contributed by atoms with E-state index in [9.17, 15) is 0 Å². The molecule has 0 aliphatic heterocycles. The minimum Gasteiger partial charge on any atom is -0.203 e. The van der Waals surface area contributed by atoms with Crippen LogP contribution in [0, 0.1) is 29.4 Å². The van der Waals surface area contributed by atoms with Crippen LogP contribution < -0.4 is 0 Å². The van der Waals surface area contributed by atoms with E-state index < -0.39 is 11.6 Å². The smallest absolute Gasteiger partial charge is 0.166 e. The van der Waals surface area contributed by atoms with E-state index in [0.717, 1.165) is 67.2 Å². The lowest BCUT2D eigenvalue weighted by Gasteiger charge is -2.32. The third-order valence-corrected chi connectivity index (χ3v) is 9.20. The van der Waals surface area contributed by atoms with E-state index in [1.807, 2.05) is 18.2 Å². The van der Waals surface area contributed by atoms with Crippen molar-refractivity contribution in [3.05, 3.63) is 59.7 Å². The van der Waals surface area contributed by atoms with Crippen LogP contribution in [0.25, 0.3) is 10.8 Å². The van der Waals surface area contributed by atoms with Crippen molar-refractivity contribution in [3.63, 3.8) is 0 Å². The zero-order valence-corrected chi connectivity index (χ0v) is 22.0. The molecule has 2 aliphatic rings. The van der Waals surface area contributed by atoms with Gasteiger partial charge in [-0.05, 0) is 104 Å². The Balaban J connectivity index is 1.29. The van der Waals surface area contributed by atoms with E-state index in [4.69, 9.17) is 0 Å². The summed E-state index contributed by atoms with van der Waals surface area (Å²) in [5.41, 5.74) is 1.73. The number of halogens is 2. The van der Waals surface area contributed by atoms with Gasteiger partial charge in [-0.15, -0.1) is 6.58 Å². The summed E-state index contributed by atoms with van der Waals surface area (Å²) in [6.07, 6.45) is 21.5. The number of aryl methyl sites for hydroxylation is 1. The van der Waals surface area contributed by atoms with Crippen molar-refractivity contribution >= 4 is 10.8 Å². The first-order valence-electron chi connectivity index (χ1n) is 14.6. The molecule has 2 fully saturated rings. The number of allylic oxidation sites excluding steroid dienone is 1. The van der Waals surface area contributed by atoms with Crippen LogP contribution in [0.4, 0.5) is 8.78 Å². The molecule has 0 saturated heterocycles. The second-order valence-electron chi connectivity index (χ2n) is 11.7. The van der Waals surface area contributed by atoms with Crippen LogP contribution in [0.2, 0.25) is 0 Å². The quantitative estimate of drug-likeness (QED) is 0.222. The van der Waals surface area contributed by atoms with E-state index in [-0.39, 0.29) is 5.92 Å². The molecule has 0 unspecified atom stereocenters. The monoisotopic (exact) mass is 480 g/mol. The lowest BCUT2D eigenvalue weighted by molar-refractivity contribution is 0.224. The average molecular weight is 481 g/mol. The van der Waals surface area contributed by atoms with Gasteiger partial charge in [0.1, 0.15) is 0 Å². The van der Waals surface area contributed by atoms with E-state index in [1.165, 1.54) is 64.2 Å². The topological polar surface area (TPSA) is 0 Å². The molecule has 2 aliphatic carbocycles. The standard InChI is InChI=1S/C33H46F2/c1-3-5-7-9-27-18-21-29-23-31(33(35)32(34)30(29)22-27)28-19-16-26(17-20-28)15-14-25-12-10-24(11-13-25)8-6-4-2/h4,18,21-26,28H,2-3,5-17,19-20H2,1H3. The summed E-state index contributed by atoms with van der Waals surface area (Å²) in [5.74, 6) is 1.52. The number of rotatable bonds is 11. The van der Waals surface area contributed by atoms with E-state index in [1.54, 1.807) is 0 Å². The Morgan fingerprint density at radius 3 is 2.06 bits per heavy atom. The molecule has 0 amide bonds. The van der Waals surface area contributed by atoms with Gasteiger partial charge < -0.3 is 0 Å². The van der Waals surface area contributed by atoms with Crippen molar-refractivity contribution in [3.8, 4) is 0 Å². The van der Waals surface area contributed by atoms with Gasteiger partial charge in [0.25, 0.3) is 0 Å². The van der Waals surface area contributed by atoms with Crippen molar-refractivity contribution in [1.82, 2.24) is 0 Å². The molecule has 2 heteroatoms. The molecule has 2 saturated carbocycles. The van der Waals surface area contributed by atoms with Gasteiger partial charge >= 0.3 is 0 Å². The third kappa shape index (κ3) is 6.95. The van der Waals surface area contributed by atoms with Gasteiger partial charge in [0.2, 0.25) is 0 Å². The Labute approximate surface area is 212 Å². The SMILES string of the molecule is C=CCCC1CCC(CCC2CCC(c3cc4ccc(CCCCC)cc4c(F)c3F)CC2)CC1. The number of fused-ring (bicyclic) bond motifs is 1. The first kappa shape index (κ1) is 26.4.